The standard InChI is InChI=1S/C15H11F2NS/c16-11-5-6-13(17)14(7-11)18-8-10-9-19-15-4-2-1-3-12(10)15/h1-7,9,18H,8H2. The lowest BCUT2D eigenvalue weighted by molar-refractivity contribution is 0.602. The van der Waals surface area contributed by atoms with Gasteiger partial charge >= 0.3 is 0 Å². The van der Waals surface area contributed by atoms with Crippen LogP contribution in [0.3, 0.4) is 0 Å². The van der Waals surface area contributed by atoms with E-state index in [4.69, 9.17) is 0 Å². The lowest BCUT2D eigenvalue weighted by Gasteiger charge is -2.07. The molecule has 0 aliphatic heterocycles. The van der Waals surface area contributed by atoms with E-state index in [1.807, 2.05) is 29.6 Å². The summed E-state index contributed by atoms with van der Waals surface area (Å²) in [5, 5.41) is 6.13. The van der Waals surface area contributed by atoms with Crippen LogP contribution in [0.2, 0.25) is 0 Å². The normalized spacial score (nSPS) is 10.8. The number of hydrogen-bond acceptors (Lipinski definition) is 2. The summed E-state index contributed by atoms with van der Waals surface area (Å²) in [5.41, 5.74) is 1.28. The number of anilines is 1. The lowest BCUT2D eigenvalue weighted by atomic mass is 10.2. The molecule has 0 amide bonds. The maximum absolute atomic E-state index is 13.5. The van der Waals surface area contributed by atoms with Crippen molar-refractivity contribution in [3.8, 4) is 0 Å². The van der Waals surface area contributed by atoms with Crippen LogP contribution in [0.1, 0.15) is 5.56 Å². The third kappa shape index (κ3) is 2.44. The van der Waals surface area contributed by atoms with Gasteiger partial charge in [-0.2, -0.15) is 0 Å². The minimum absolute atomic E-state index is 0.190. The molecule has 0 bridgehead atoms. The Hall–Kier alpha value is -1.94. The molecule has 96 valence electrons. The van der Waals surface area contributed by atoms with E-state index in [0.717, 1.165) is 23.1 Å². The van der Waals surface area contributed by atoms with E-state index >= 15 is 0 Å². The van der Waals surface area contributed by atoms with Crippen LogP contribution in [-0.2, 0) is 6.54 Å². The van der Waals surface area contributed by atoms with Crippen molar-refractivity contribution in [2.24, 2.45) is 0 Å². The molecule has 1 heterocycles. The maximum atomic E-state index is 13.5. The van der Waals surface area contributed by atoms with E-state index < -0.39 is 11.6 Å². The molecule has 3 aromatic rings. The first kappa shape index (κ1) is 12.1. The average Bonchev–Trinajstić information content (AvgIpc) is 2.83. The van der Waals surface area contributed by atoms with Crippen LogP contribution in [0, 0.1) is 11.6 Å². The van der Waals surface area contributed by atoms with E-state index in [0.29, 0.717) is 6.54 Å². The SMILES string of the molecule is Fc1ccc(F)c(NCc2csc3ccccc23)c1. The van der Waals surface area contributed by atoms with Gasteiger partial charge in [-0.1, -0.05) is 18.2 Å². The Labute approximate surface area is 113 Å². The summed E-state index contributed by atoms with van der Waals surface area (Å²) in [6.45, 7) is 0.477. The fourth-order valence-electron chi connectivity index (χ4n) is 1.99. The Morgan fingerprint density at radius 3 is 2.79 bits per heavy atom. The highest BCUT2D eigenvalue weighted by Gasteiger charge is 2.06. The van der Waals surface area contributed by atoms with Crippen LogP contribution in [0.5, 0.6) is 0 Å². The Balaban J connectivity index is 1.84. The third-order valence-corrected chi connectivity index (χ3v) is 3.97. The first-order valence-electron chi connectivity index (χ1n) is 5.88. The summed E-state index contributed by atoms with van der Waals surface area (Å²) < 4.78 is 27.7. The molecule has 0 atom stereocenters. The van der Waals surface area contributed by atoms with Gasteiger partial charge in [0.1, 0.15) is 11.6 Å². The number of rotatable bonds is 3. The first-order valence-corrected chi connectivity index (χ1v) is 6.76. The quantitative estimate of drug-likeness (QED) is 0.724. The topological polar surface area (TPSA) is 12.0 Å². The van der Waals surface area contributed by atoms with E-state index in [2.05, 4.69) is 5.32 Å². The summed E-state index contributed by atoms with van der Waals surface area (Å²) in [5.74, 6) is -0.889. The molecule has 4 heteroatoms. The highest BCUT2D eigenvalue weighted by molar-refractivity contribution is 7.17. The second kappa shape index (κ2) is 4.97. The Kier molecular flexibility index (Phi) is 3.17. The van der Waals surface area contributed by atoms with E-state index in [9.17, 15) is 8.78 Å². The van der Waals surface area contributed by atoms with Crippen molar-refractivity contribution in [1.29, 1.82) is 0 Å². The number of halogens is 2. The molecule has 3 rings (SSSR count). The molecule has 0 aliphatic carbocycles. The van der Waals surface area contributed by atoms with Crippen molar-refractivity contribution in [2.75, 3.05) is 5.32 Å². The third-order valence-electron chi connectivity index (χ3n) is 2.96. The monoisotopic (exact) mass is 275 g/mol. The molecule has 0 unspecified atom stereocenters. The molecule has 19 heavy (non-hydrogen) atoms. The maximum Gasteiger partial charge on any atom is 0.146 e. The van der Waals surface area contributed by atoms with Gasteiger partial charge in [-0.25, -0.2) is 8.78 Å². The second-order valence-electron chi connectivity index (χ2n) is 4.23. The van der Waals surface area contributed by atoms with Crippen LogP contribution in [0.15, 0.2) is 47.8 Å². The van der Waals surface area contributed by atoms with E-state index in [-0.39, 0.29) is 5.69 Å². The molecule has 0 saturated carbocycles. The van der Waals surface area contributed by atoms with Gasteiger partial charge in [0.2, 0.25) is 0 Å². The molecule has 0 spiro atoms. The lowest BCUT2D eigenvalue weighted by Crippen LogP contribution is -2.01. The summed E-state index contributed by atoms with van der Waals surface area (Å²) in [6.07, 6.45) is 0. The number of hydrogen-bond donors (Lipinski definition) is 1. The molecular weight excluding hydrogens is 264 g/mol. The Morgan fingerprint density at radius 2 is 1.89 bits per heavy atom. The largest absolute Gasteiger partial charge is 0.378 e. The highest BCUT2D eigenvalue weighted by atomic mass is 32.1. The average molecular weight is 275 g/mol. The van der Waals surface area contributed by atoms with Crippen LogP contribution in [0.25, 0.3) is 10.1 Å². The number of fused-ring (bicyclic) bond motifs is 1. The molecule has 0 aliphatic rings. The molecule has 0 saturated heterocycles. The zero-order valence-corrected chi connectivity index (χ0v) is 10.8. The first-order chi connectivity index (χ1) is 9.24. The van der Waals surface area contributed by atoms with E-state index in [1.54, 1.807) is 11.3 Å². The van der Waals surface area contributed by atoms with Gasteiger partial charge < -0.3 is 5.32 Å². The minimum Gasteiger partial charge on any atom is -0.378 e. The summed E-state index contributed by atoms with van der Waals surface area (Å²) in [7, 11) is 0. The van der Waals surface area contributed by atoms with Crippen molar-refractivity contribution in [2.45, 2.75) is 6.54 Å². The number of nitrogens with one attached hydrogen (secondary N) is 1. The van der Waals surface area contributed by atoms with Crippen molar-refractivity contribution < 1.29 is 8.78 Å². The number of thiophene rings is 1. The second-order valence-corrected chi connectivity index (χ2v) is 5.15. The predicted molar refractivity (Wildman–Crippen MR) is 75.5 cm³/mol. The van der Waals surface area contributed by atoms with Crippen LogP contribution < -0.4 is 5.32 Å². The fourth-order valence-corrected chi connectivity index (χ4v) is 2.96. The van der Waals surface area contributed by atoms with Crippen LogP contribution in [-0.4, -0.2) is 0 Å². The summed E-state index contributed by atoms with van der Waals surface area (Å²) >= 11 is 1.65. The molecule has 1 aromatic heterocycles. The molecular formula is C15H11F2NS. The van der Waals surface area contributed by atoms with Crippen LogP contribution >= 0.6 is 11.3 Å². The molecule has 0 radical (unpaired) electrons. The van der Waals surface area contributed by atoms with Gasteiger partial charge in [-0.15, -0.1) is 11.3 Å². The highest BCUT2D eigenvalue weighted by Crippen LogP contribution is 2.26. The Bertz CT molecular complexity index is 721. The summed E-state index contributed by atoms with van der Waals surface area (Å²) in [6, 6.07) is 11.5. The van der Waals surface area contributed by atoms with Crippen molar-refractivity contribution in [1.82, 2.24) is 0 Å². The van der Waals surface area contributed by atoms with Crippen molar-refractivity contribution in [3.05, 3.63) is 65.0 Å². The fraction of sp³-hybridized carbons (Fsp3) is 0.0667. The van der Waals surface area contributed by atoms with Gasteiger partial charge in [0.05, 0.1) is 5.69 Å². The van der Waals surface area contributed by atoms with Gasteiger partial charge in [0, 0.05) is 11.2 Å². The molecule has 1 N–H and O–H groups in total. The van der Waals surface area contributed by atoms with Gasteiger partial charge in [-0.3, -0.25) is 0 Å². The van der Waals surface area contributed by atoms with Gasteiger partial charge in [0.25, 0.3) is 0 Å². The van der Waals surface area contributed by atoms with E-state index in [1.165, 1.54) is 10.8 Å². The van der Waals surface area contributed by atoms with Crippen LogP contribution in [0.4, 0.5) is 14.5 Å². The van der Waals surface area contributed by atoms with Gasteiger partial charge in [-0.05, 0) is 40.6 Å². The van der Waals surface area contributed by atoms with Gasteiger partial charge in [0.15, 0.2) is 0 Å². The van der Waals surface area contributed by atoms with Crippen molar-refractivity contribution >= 4 is 27.1 Å². The summed E-state index contributed by atoms with van der Waals surface area (Å²) in [4.78, 5) is 0. The molecule has 0 fully saturated rings. The van der Waals surface area contributed by atoms with Crippen molar-refractivity contribution in [3.63, 3.8) is 0 Å². The number of benzene rings is 2. The molecule has 1 nitrogen and oxygen atoms in total. The predicted octanol–water partition coefficient (Wildman–Crippen LogP) is 4.79. The Morgan fingerprint density at radius 1 is 1.05 bits per heavy atom. The molecule has 2 aromatic carbocycles. The minimum atomic E-state index is -0.445. The zero-order valence-electron chi connectivity index (χ0n) is 9.99. The smallest absolute Gasteiger partial charge is 0.146 e. The zero-order chi connectivity index (χ0) is 13.2.